The van der Waals surface area contributed by atoms with E-state index in [1.165, 1.54) is 25.3 Å². The summed E-state index contributed by atoms with van der Waals surface area (Å²) in [4.78, 5) is 29.3. The quantitative estimate of drug-likeness (QED) is 0.615. The molecule has 2 N–H and O–H groups in total. The van der Waals surface area contributed by atoms with Crippen molar-refractivity contribution in [1.29, 1.82) is 0 Å². The molecule has 0 bridgehead atoms. The number of rotatable bonds is 6. The lowest BCUT2D eigenvalue weighted by atomic mass is 10.1. The van der Waals surface area contributed by atoms with Gasteiger partial charge in [-0.05, 0) is 6.07 Å². The second-order valence-electron chi connectivity index (χ2n) is 4.19. The van der Waals surface area contributed by atoms with Crippen molar-refractivity contribution < 1.29 is 14.5 Å². The number of hydrogen-bond donors (Lipinski definition) is 2. The first-order valence-electron chi connectivity index (χ1n) is 6.20. The molecule has 0 unspecified atom stereocenters. The van der Waals surface area contributed by atoms with Crippen LogP contribution in [0.4, 0.5) is 5.69 Å². The van der Waals surface area contributed by atoms with Gasteiger partial charge in [-0.1, -0.05) is 6.07 Å². The minimum atomic E-state index is -0.605. The number of benzene rings is 1. The second-order valence-corrected chi connectivity index (χ2v) is 4.19. The summed E-state index contributed by atoms with van der Waals surface area (Å²) in [6.45, 7) is 0.330. The normalized spacial score (nSPS) is 10.1. The fourth-order valence-corrected chi connectivity index (χ4v) is 1.89. The van der Waals surface area contributed by atoms with Gasteiger partial charge in [-0.15, -0.1) is 0 Å². The van der Waals surface area contributed by atoms with Crippen molar-refractivity contribution in [2.24, 2.45) is 0 Å². The number of carbonyl (C=O) groups is 1. The van der Waals surface area contributed by atoms with Crippen molar-refractivity contribution in [3.8, 4) is 5.75 Å². The molecule has 2 aromatic rings. The Kier molecular flexibility index (Phi) is 4.50. The summed E-state index contributed by atoms with van der Waals surface area (Å²) in [6, 6.07) is 4.25. The lowest BCUT2D eigenvalue weighted by Crippen LogP contribution is -2.27. The smallest absolute Gasteiger partial charge is 0.285 e. The third-order valence-corrected chi connectivity index (χ3v) is 2.88. The zero-order valence-electron chi connectivity index (χ0n) is 11.3. The van der Waals surface area contributed by atoms with E-state index in [9.17, 15) is 14.9 Å². The number of methoxy groups -OCH3 is 1. The lowest BCUT2D eigenvalue weighted by Gasteiger charge is -2.09. The molecule has 0 fully saturated rings. The molecule has 1 heterocycles. The van der Waals surface area contributed by atoms with E-state index >= 15 is 0 Å². The zero-order chi connectivity index (χ0) is 15.2. The monoisotopic (exact) mass is 290 g/mol. The highest BCUT2D eigenvalue weighted by atomic mass is 16.6. The molecule has 0 saturated heterocycles. The van der Waals surface area contributed by atoms with E-state index in [1.807, 2.05) is 0 Å². The first-order valence-corrected chi connectivity index (χ1v) is 6.20. The Balaban J connectivity index is 2.12. The van der Waals surface area contributed by atoms with Crippen LogP contribution in [0, 0.1) is 10.1 Å². The van der Waals surface area contributed by atoms with Gasteiger partial charge in [-0.3, -0.25) is 14.9 Å². The van der Waals surface area contributed by atoms with E-state index < -0.39 is 10.8 Å². The third kappa shape index (κ3) is 3.35. The number of aromatic amines is 1. The molecule has 8 heteroatoms. The maximum atomic E-state index is 12.2. The van der Waals surface area contributed by atoms with Crippen LogP contribution in [-0.4, -0.2) is 34.5 Å². The molecule has 0 saturated carbocycles. The summed E-state index contributed by atoms with van der Waals surface area (Å²) in [7, 11) is 1.36. The predicted molar refractivity (Wildman–Crippen MR) is 74.3 cm³/mol. The molecule has 2 rings (SSSR count). The number of imidazole rings is 1. The maximum absolute atomic E-state index is 12.2. The predicted octanol–water partition coefficient (Wildman–Crippen LogP) is 1.30. The van der Waals surface area contributed by atoms with Gasteiger partial charge >= 0.3 is 0 Å². The maximum Gasteiger partial charge on any atom is 0.285 e. The van der Waals surface area contributed by atoms with Crippen LogP contribution in [0.25, 0.3) is 0 Å². The van der Waals surface area contributed by atoms with Gasteiger partial charge in [0.1, 0.15) is 5.75 Å². The van der Waals surface area contributed by atoms with Gasteiger partial charge in [0.15, 0.2) is 5.56 Å². The summed E-state index contributed by atoms with van der Waals surface area (Å²) in [6.07, 6.45) is 3.74. The first-order chi connectivity index (χ1) is 10.1. The average Bonchev–Trinajstić information content (AvgIpc) is 2.99. The minimum absolute atomic E-state index is 0.0744. The fraction of sp³-hybridized carbons (Fsp3) is 0.231. The van der Waals surface area contributed by atoms with Gasteiger partial charge in [0.25, 0.3) is 11.6 Å². The van der Waals surface area contributed by atoms with E-state index in [2.05, 4.69) is 15.3 Å². The Morgan fingerprint density at radius 3 is 2.95 bits per heavy atom. The molecule has 0 atom stereocenters. The molecule has 1 amide bonds. The molecule has 0 aliphatic carbocycles. The molecule has 0 aliphatic rings. The minimum Gasteiger partial charge on any atom is -0.496 e. The van der Waals surface area contributed by atoms with Crippen LogP contribution in [0.15, 0.2) is 30.7 Å². The SMILES string of the molecule is COc1cccc([N+](=O)[O-])c1C(=O)NCCc1cnc[nH]1. The largest absolute Gasteiger partial charge is 0.496 e. The number of nitrogens with zero attached hydrogens (tertiary/aromatic N) is 2. The van der Waals surface area contributed by atoms with Crippen molar-refractivity contribution in [3.63, 3.8) is 0 Å². The first kappa shape index (κ1) is 14.5. The van der Waals surface area contributed by atoms with E-state index in [1.54, 1.807) is 12.5 Å². The molecule has 0 aliphatic heterocycles. The lowest BCUT2D eigenvalue weighted by molar-refractivity contribution is -0.385. The van der Waals surface area contributed by atoms with E-state index in [-0.39, 0.29) is 17.0 Å². The highest BCUT2D eigenvalue weighted by Gasteiger charge is 2.24. The molecule has 1 aromatic carbocycles. The van der Waals surface area contributed by atoms with Gasteiger partial charge in [0.05, 0.1) is 18.4 Å². The Morgan fingerprint density at radius 2 is 2.33 bits per heavy atom. The number of ether oxygens (including phenoxy) is 1. The summed E-state index contributed by atoms with van der Waals surface area (Å²) in [5, 5.41) is 13.6. The van der Waals surface area contributed by atoms with Crippen molar-refractivity contribution >= 4 is 11.6 Å². The van der Waals surface area contributed by atoms with Crippen LogP contribution >= 0.6 is 0 Å². The molecule has 21 heavy (non-hydrogen) atoms. The number of nitro benzene ring substituents is 1. The van der Waals surface area contributed by atoms with Crippen LogP contribution in [0.2, 0.25) is 0 Å². The van der Waals surface area contributed by atoms with Crippen molar-refractivity contribution in [2.75, 3.05) is 13.7 Å². The Bertz CT molecular complexity index is 640. The van der Waals surface area contributed by atoms with Crippen LogP contribution in [0.3, 0.4) is 0 Å². The van der Waals surface area contributed by atoms with E-state index in [4.69, 9.17) is 4.74 Å². The van der Waals surface area contributed by atoms with Gasteiger partial charge in [-0.25, -0.2) is 4.98 Å². The fourth-order valence-electron chi connectivity index (χ4n) is 1.89. The Hall–Kier alpha value is -2.90. The van der Waals surface area contributed by atoms with Crippen molar-refractivity contribution in [2.45, 2.75) is 6.42 Å². The van der Waals surface area contributed by atoms with Crippen molar-refractivity contribution in [1.82, 2.24) is 15.3 Å². The van der Waals surface area contributed by atoms with Crippen LogP contribution in [0.5, 0.6) is 5.75 Å². The van der Waals surface area contributed by atoms with E-state index in [0.29, 0.717) is 13.0 Å². The summed E-state index contributed by atoms with van der Waals surface area (Å²) < 4.78 is 5.03. The summed E-state index contributed by atoms with van der Waals surface area (Å²) >= 11 is 0. The average molecular weight is 290 g/mol. The highest BCUT2D eigenvalue weighted by molar-refractivity contribution is 6.00. The standard InChI is InChI=1S/C13H14N4O4/c1-21-11-4-2-3-10(17(19)20)12(11)13(18)15-6-5-9-7-14-8-16-9/h2-4,7-8H,5-6H2,1H3,(H,14,16)(H,15,18). The van der Waals surface area contributed by atoms with Crippen molar-refractivity contribution in [3.05, 3.63) is 52.1 Å². The number of aromatic nitrogens is 2. The van der Waals surface area contributed by atoms with Crippen LogP contribution in [-0.2, 0) is 6.42 Å². The number of hydrogen-bond acceptors (Lipinski definition) is 5. The summed E-state index contributed by atoms with van der Waals surface area (Å²) in [5.74, 6) is -0.373. The van der Waals surface area contributed by atoms with Gasteiger partial charge in [-0.2, -0.15) is 0 Å². The van der Waals surface area contributed by atoms with Crippen LogP contribution in [0.1, 0.15) is 16.1 Å². The van der Waals surface area contributed by atoms with Gasteiger partial charge in [0.2, 0.25) is 0 Å². The Labute approximate surface area is 120 Å². The van der Waals surface area contributed by atoms with E-state index in [0.717, 1.165) is 5.69 Å². The molecule has 1 aromatic heterocycles. The molecule has 0 spiro atoms. The number of nitrogens with one attached hydrogen (secondary N) is 2. The molecular formula is C13H14N4O4. The number of nitro groups is 1. The van der Waals surface area contributed by atoms with Gasteiger partial charge < -0.3 is 15.0 Å². The second kappa shape index (κ2) is 6.51. The zero-order valence-corrected chi connectivity index (χ0v) is 11.3. The number of carbonyl (C=O) groups excluding carboxylic acids is 1. The third-order valence-electron chi connectivity index (χ3n) is 2.88. The molecule has 0 radical (unpaired) electrons. The number of amides is 1. The molecule has 8 nitrogen and oxygen atoms in total. The molecular weight excluding hydrogens is 276 g/mol. The van der Waals surface area contributed by atoms with Crippen LogP contribution < -0.4 is 10.1 Å². The number of H-pyrrole nitrogens is 1. The summed E-state index contributed by atoms with van der Waals surface area (Å²) in [5.41, 5.74) is 0.507. The Morgan fingerprint density at radius 1 is 1.52 bits per heavy atom. The highest BCUT2D eigenvalue weighted by Crippen LogP contribution is 2.27. The van der Waals surface area contributed by atoms with Gasteiger partial charge in [0, 0.05) is 30.9 Å². The molecule has 110 valence electrons. The topological polar surface area (TPSA) is 110 Å².